The number of carbonyl (C=O) groups is 1. The molecular formula is C32H37N7O2. The molecule has 1 saturated carbocycles. The molecule has 9 nitrogen and oxygen atoms in total. The maximum Gasteiger partial charge on any atom is 0.246 e. The lowest BCUT2D eigenvalue weighted by atomic mass is 9.94. The highest BCUT2D eigenvalue weighted by atomic mass is 16.5. The van der Waals surface area contributed by atoms with Crippen LogP contribution < -0.4 is 10.5 Å². The van der Waals surface area contributed by atoms with E-state index in [1.807, 2.05) is 70.3 Å². The number of hydrogen-bond acceptors (Lipinski definition) is 7. The Kier molecular flexibility index (Phi) is 7.95. The van der Waals surface area contributed by atoms with Gasteiger partial charge < -0.3 is 15.4 Å². The number of nitrogens with zero attached hydrogens (tertiary/aromatic N) is 6. The molecule has 1 unspecified atom stereocenters. The smallest absolute Gasteiger partial charge is 0.246 e. The number of amides is 1. The van der Waals surface area contributed by atoms with Gasteiger partial charge in [0, 0.05) is 37.3 Å². The Morgan fingerprint density at radius 1 is 1.02 bits per heavy atom. The number of likely N-dealkylation sites (tertiary alicyclic amines) is 1. The normalized spacial score (nSPS) is 18.1. The highest BCUT2D eigenvalue weighted by molar-refractivity contribution is 5.98. The summed E-state index contributed by atoms with van der Waals surface area (Å²) < 4.78 is 7.87. The van der Waals surface area contributed by atoms with E-state index >= 15 is 0 Å². The second-order valence-corrected chi connectivity index (χ2v) is 11.1. The zero-order valence-corrected chi connectivity index (χ0v) is 23.5. The fourth-order valence-corrected chi connectivity index (χ4v) is 6.00. The predicted molar refractivity (Wildman–Crippen MR) is 161 cm³/mol. The van der Waals surface area contributed by atoms with E-state index in [9.17, 15) is 4.79 Å². The van der Waals surface area contributed by atoms with Crippen molar-refractivity contribution in [1.29, 1.82) is 0 Å². The van der Waals surface area contributed by atoms with Gasteiger partial charge in [-0.2, -0.15) is 5.10 Å². The Hall–Kier alpha value is -4.24. The van der Waals surface area contributed by atoms with Crippen molar-refractivity contribution in [1.82, 2.24) is 29.5 Å². The molecule has 1 aliphatic heterocycles. The summed E-state index contributed by atoms with van der Waals surface area (Å²) in [5, 5.41) is 5.70. The van der Waals surface area contributed by atoms with Gasteiger partial charge in [0.1, 0.15) is 29.3 Å². The van der Waals surface area contributed by atoms with E-state index in [2.05, 4.69) is 21.9 Å². The summed E-state index contributed by atoms with van der Waals surface area (Å²) in [6.45, 7) is 2.05. The number of nitrogen functional groups attached to an aromatic ring is 1. The number of hydrogen-bond donors (Lipinski definition) is 1. The number of rotatable bonds is 8. The number of ether oxygens (including phenoxy) is 1. The van der Waals surface area contributed by atoms with Crippen molar-refractivity contribution in [3.63, 3.8) is 0 Å². The monoisotopic (exact) mass is 551 g/mol. The first-order chi connectivity index (χ1) is 20.1. The summed E-state index contributed by atoms with van der Waals surface area (Å²) >= 11 is 0. The van der Waals surface area contributed by atoms with Crippen LogP contribution in [-0.2, 0) is 4.79 Å². The molecule has 2 N–H and O–H groups in total. The van der Waals surface area contributed by atoms with Crippen LogP contribution >= 0.6 is 0 Å². The lowest BCUT2D eigenvalue weighted by molar-refractivity contribution is -0.125. The van der Waals surface area contributed by atoms with Crippen molar-refractivity contribution in [2.24, 2.45) is 0 Å². The first-order valence-electron chi connectivity index (χ1n) is 14.5. The number of anilines is 1. The quantitative estimate of drug-likeness (QED) is 0.290. The van der Waals surface area contributed by atoms with Gasteiger partial charge in [-0.15, -0.1) is 0 Å². The number of benzene rings is 2. The van der Waals surface area contributed by atoms with Crippen LogP contribution in [0.5, 0.6) is 11.5 Å². The third-order valence-electron chi connectivity index (χ3n) is 8.30. The van der Waals surface area contributed by atoms with Crippen LogP contribution in [0.25, 0.3) is 22.3 Å². The first-order valence-corrected chi connectivity index (χ1v) is 14.5. The molecule has 1 saturated heterocycles. The van der Waals surface area contributed by atoms with E-state index in [0.29, 0.717) is 30.6 Å². The summed E-state index contributed by atoms with van der Waals surface area (Å²) in [4.78, 5) is 26.1. The Labute approximate surface area is 240 Å². The Morgan fingerprint density at radius 2 is 1.78 bits per heavy atom. The van der Waals surface area contributed by atoms with Crippen molar-refractivity contribution < 1.29 is 9.53 Å². The van der Waals surface area contributed by atoms with Crippen LogP contribution in [0.1, 0.15) is 44.6 Å². The average Bonchev–Trinajstić information content (AvgIpc) is 3.65. The van der Waals surface area contributed by atoms with Crippen LogP contribution in [0, 0.1) is 0 Å². The van der Waals surface area contributed by atoms with Gasteiger partial charge in [-0.25, -0.2) is 14.6 Å². The summed E-state index contributed by atoms with van der Waals surface area (Å²) in [5.74, 6) is 1.94. The van der Waals surface area contributed by atoms with Crippen LogP contribution in [0.3, 0.4) is 0 Å². The molecule has 212 valence electrons. The first kappa shape index (κ1) is 27.0. The second-order valence-electron chi connectivity index (χ2n) is 11.1. The van der Waals surface area contributed by atoms with E-state index < -0.39 is 0 Å². The minimum atomic E-state index is 0.00324. The summed E-state index contributed by atoms with van der Waals surface area (Å²) in [5.41, 5.74) is 8.64. The molecule has 1 aliphatic carbocycles. The van der Waals surface area contributed by atoms with E-state index in [4.69, 9.17) is 15.6 Å². The van der Waals surface area contributed by atoms with Gasteiger partial charge in [-0.1, -0.05) is 43.5 Å². The Bertz CT molecular complexity index is 1510. The minimum absolute atomic E-state index is 0.00324. The summed E-state index contributed by atoms with van der Waals surface area (Å²) in [6.07, 6.45) is 12.5. The highest BCUT2D eigenvalue weighted by Gasteiger charge is 2.30. The van der Waals surface area contributed by atoms with Crippen molar-refractivity contribution in [3.8, 4) is 22.8 Å². The van der Waals surface area contributed by atoms with Crippen LogP contribution in [0.15, 0.2) is 73.1 Å². The molecular weight excluding hydrogens is 514 g/mol. The lowest BCUT2D eigenvalue weighted by Crippen LogP contribution is -2.33. The largest absolute Gasteiger partial charge is 0.457 e. The Balaban J connectivity index is 1.16. The molecule has 41 heavy (non-hydrogen) atoms. The second kappa shape index (κ2) is 12.1. The fraction of sp³-hybridized carbons (Fsp3) is 0.375. The number of aromatic nitrogens is 4. The van der Waals surface area contributed by atoms with E-state index in [1.54, 1.807) is 6.08 Å². The van der Waals surface area contributed by atoms with Crippen molar-refractivity contribution in [2.75, 3.05) is 32.4 Å². The third-order valence-corrected chi connectivity index (χ3v) is 8.30. The molecule has 4 aromatic rings. The summed E-state index contributed by atoms with van der Waals surface area (Å²) in [6, 6.07) is 18.1. The van der Waals surface area contributed by atoms with Gasteiger partial charge in [-0.3, -0.25) is 9.69 Å². The lowest BCUT2D eigenvalue weighted by Gasteiger charge is -2.30. The van der Waals surface area contributed by atoms with Crippen LogP contribution in [-0.4, -0.2) is 68.2 Å². The van der Waals surface area contributed by atoms with Gasteiger partial charge in [0.05, 0.1) is 11.4 Å². The number of fused-ring (bicyclic) bond motifs is 1. The zero-order valence-electron chi connectivity index (χ0n) is 23.5. The molecule has 9 heteroatoms. The average molecular weight is 552 g/mol. The third kappa shape index (κ3) is 5.95. The van der Waals surface area contributed by atoms with Crippen molar-refractivity contribution in [3.05, 3.63) is 73.1 Å². The number of nitrogens with two attached hydrogens (primary N) is 1. The maximum absolute atomic E-state index is 13.0. The zero-order chi connectivity index (χ0) is 28.2. The molecule has 1 atom stereocenters. The molecule has 2 aromatic carbocycles. The fourth-order valence-electron chi connectivity index (χ4n) is 6.00. The molecule has 6 rings (SSSR count). The van der Waals surface area contributed by atoms with Gasteiger partial charge in [-0.05, 0) is 62.7 Å². The number of para-hydroxylation sites is 1. The standard InChI is InChI=1S/C32H37N7O2/c1-37(24-9-4-2-5-10-24)19-8-13-28(40)38-20-18-25(21-38)39-32-29(31(33)34-22-35-32)30(36-39)23-14-16-27(17-15-23)41-26-11-6-3-7-12-26/h3,6-8,11-17,22,24-25H,2,4-5,9-10,18-21H2,1H3,(H2,33,34,35)/b13-8+. The van der Waals surface area contributed by atoms with Gasteiger partial charge in [0.15, 0.2) is 5.65 Å². The van der Waals surface area contributed by atoms with E-state index in [0.717, 1.165) is 41.1 Å². The summed E-state index contributed by atoms with van der Waals surface area (Å²) in [7, 11) is 2.16. The molecule has 0 radical (unpaired) electrons. The van der Waals surface area contributed by atoms with Gasteiger partial charge in [0.25, 0.3) is 0 Å². The molecule has 2 aromatic heterocycles. The van der Waals surface area contributed by atoms with Gasteiger partial charge >= 0.3 is 0 Å². The maximum atomic E-state index is 13.0. The molecule has 0 bridgehead atoms. The molecule has 2 aliphatic rings. The molecule has 0 spiro atoms. The van der Waals surface area contributed by atoms with E-state index in [-0.39, 0.29) is 11.9 Å². The molecule has 1 amide bonds. The predicted octanol–water partition coefficient (Wildman–Crippen LogP) is 5.46. The number of carbonyl (C=O) groups excluding carboxylic acids is 1. The molecule has 3 heterocycles. The SMILES string of the molecule is CN(C/C=C/C(=O)N1CCC(n2nc(-c3ccc(Oc4ccccc4)cc3)c3c(N)ncnc32)C1)C1CCCCC1. The van der Waals surface area contributed by atoms with Crippen molar-refractivity contribution in [2.45, 2.75) is 50.6 Å². The topological polar surface area (TPSA) is 102 Å². The van der Waals surface area contributed by atoms with Gasteiger partial charge in [0.2, 0.25) is 5.91 Å². The minimum Gasteiger partial charge on any atom is -0.457 e. The van der Waals surface area contributed by atoms with Crippen molar-refractivity contribution >= 4 is 22.8 Å². The van der Waals surface area contributed by atoms with Crippen LogP contribution in [0.4, 0.5) is 5.82 Å². The molecule has 2 fully saturated rings. The number of likely N-dealkylation sites (N-methyl/N-ethyl adjacent to an activating group) is 1. The van der Waals surface area contributed by atoms with E-state index in [1.165, 1.54) is 38.4 Å². The van der Waals surface area contributed by atoms with Crippen LogP contribution in [0.2, 0.25) is 0 Å². The highest BCUT2D eigenvalue weighted by Crippen LogP contribution is 2.35. The Morgan fingerprint density at radius 3 is 2.56 bits per heavy atom.